The number of likely N-dealkylation sites (tertiary alicyclic amines) is 1. The molecule has 1 unspecified atom stereocenters. The van der Waals surface area contributed by atoms with E-state index in [0.717, 1.165) is 52.4 Å². The Hall–Kier alpha value is -0.650. The van der Waals surface area contributed by atoms with Crippen LogP contribution in [0.4, 0.5) is 0 Å². The lowest BCUT2D eigenvalue weighted by molar-refractivity contribution is -0.134. The maximum atomic E-state index is 12.3. The van der Waals surface area contributed by atoms with Gasteiger partial charge in [0.1, 0.15) is 0 Å². The molecular weight excluding hydrogens is 266 g/mol. The molecule has 5 heteroatoms. The van der Waals surface area contributed by atoms with Gasteiger partial charge in [0.15, 0.2) is 0 Å². The molecule has 0 aromatic carbocycles. The maximum Gasteiger partial charge on any atom is 0.236 e. The summed E-state index contributed by atoms with van der Waals surface area (Å²) in [5, 5.41) is 0. The Bertz CT molecular complexity index is 330. The average molecular weight is 295 g/mol. The first-order valence-corrected chi connectivity index (χ1v) is 8.65. The average Bonchev–Trinajstić information content (AvgIpc) is 3.02. The molecular formula is C16H29N3O2. The molecule has 0 bridgehead atoms. The predicted octanol–water partition coefficient (Wildman–Crippen LogP) is 0.796. The molecule has 3 aliphatic heterocycles. The Morgan fingerprint density at radius 1 is 0.905 bits per heavy atom. The third-order valence-electron chi connectivity index (χ3n) is 5.02. The van der Waals surface area contributed by atoms with Gasteiger partial charge in [-0.05, 0) is 45.2 Å². The molecule has 3 aliphatic rings. The van der Waals surface area contributed by atoms with E-state index in [1.54, 1.807) is 0 Å². The Kier molecular flexibility index (Phi) is 5.49. The van der Waals surface area contributed by atoms with Crippen molar-refractivity contribution in [2.75, 3.05) is 59.0 Å². The van der Waals surface area contributed by atoms with Crippen molar-refractivity contribution in [1.29, 1.82) is 0 Å². The SMILES string of the molecule is O=C(CN1CCCC1)N1CCN(CC2CCCCO2)CC1. The summed E-state index contributed by atoms with van der Waals surface area (Å²) in [7, 11) is 0. The minimum absolute atomic E-state index is 0.325. The number of nitrogens with zero attached hydrogens (tertiary/aromatic N) is 3. The second kappa shape index (κ2) is 7.56. The summed E-state index contributed by atoms with van der Waals surface area (Å²) < 4.78 is 5.81. The van der Waals surface area contributed by atoms with Crippen LogP contribution in [0.15, 0.2) is 0 Å². The van der Waals surface area contributed by atoms with E-state index in [0.29, 0.717) is 18.6 Å². The highest BCUT2D eigenvalue weighted by Crippen LogP contribution is 2.15. The van der Waals surface area contributed by atoms with Crippen LogP contribution in [0.5, 0.6) is 0 Å². The fraction of sp³-hybridized carbons (Fsp3) is 0.938. The zero-order valence-electron chi connectivity index (χ0n) is 13.1. The smallest absolute Gasteiger partial charge is 0.236 e. The first kappa shape index (κ1) is 15.3. The van der Waals surface area contributed by atoms with E-state index in [9.17, 15) is 4.79 Å². The first-order chi connectivity index (χ1) is 10.3. The van der Waals surface area contributed by atoms with Crippen LogP contribution in [-0.4, -0.2) is 85.7 Å². The number of ether oxygens (including phenoxy) is 1. The van der Waals surface area contributed by atoms with Gasteiger partial charge in [0, 0.05) is 39.3 Å². The van der Waals surface area contributed by atoms with Gasteiger partial charge in [0.2, 0.25) is 5.91 Å². The van der Waals surface area contributed by atoms with Gasteiger partial charge in [0.25, 0.3) is 0 Å². The van der Waals surface area contributed by atoms with Gasteiger partial charge in [-0.25, -0.2) is 0 Å². The van der Waals surface area contributed by atoms with Gasteiger partial charge in [-0.2, -0.15) is 0 Å². The number of carbonyl (C=O) groups is 1. The number of amides is 1. The number of hydrogen-bond donors (Lipinski definition) is 0. The van der Waals surface area contributed by atoms with E-state index in [2.05, 4.69) is 14.7 Å². The molecule has 0 saturated carbocycles. The highest BCUT2D eigenvalue weighted by molar-refractivity contribution is 5.78. The maximum absolute atomic E-state index is 12.3. The quantitative estimate of drug-likeness (QED) is 0.768. The van der Waals surface area contributed by atoms with Crippen molar-refractivity contribution < 1.29 is 9.53 Å². The molecule has 3 heterocycles. The minimum atomic E-state index is 0.325. The molecule has 1 amide bonds. The first-order valence-electron chi connectivity index (χ1n) is 8.65. The van der Waals surface area contributed by atoms with Crippen molar-refractivity contribution in [3.05, 3.63) is 0 Å². The van der Waals surface area contributed by atoms with Crippen LogP contribution in [-0.2, 0) is 9.53 Å². The van der Waals surface area contributed by atoms with Gasteiger partial charge in [0.05, 0.1) is 12.6 Å². The number of piperazine rings is 1. The zero-order valence-corrected chi connectivity index (χ0v) is 13.1. The second-order valence-corrected chi connectivity index (χ2v) is 6.65. The standard InChI is InChI=1S/C16H29N3O2/c20-16(14-17-6-2-3-7-17)19-10-8-18(9-11-19)13-15-5-1-4-12-21-15/h15H,1-14H2. The number of carbonyl (C=O) groups excluding carboxylic acids is 1. The van der Waals surface area contributed by atoms with Crippen molar-refractivity contribution in [2.24, 2.45) is 0 Å². The van der Waals surface area contributed by atoms with E-state index in [-0.39, 0.29) is 0 Å². The van der Waals surface area contributed by atoms with Crippen LogP contribution in [0.2, 0.25) is 0 Å². The summed E-state index contributed by atoms with van der Waals surface area (Å²) in [5.41, 5.74) is 0. The van der Waals surface area contributed by atoms with E-state index in [1.165, 1.54) is 32.1 Å². The van der Waals surface area contributed by atoms with E-state index >= 15 is 0 Å². The molecule has 3 fully saturated rings. The molecule has 0 aromatic heterocycles. The summed E-state index contributed by atoms with van der Waals surface area (Å²) in [5.74, 6) is 0.325. The fourth-order valence-corrected chi connectivity index (χ4v) is 3.65. The molecule has 0 N–H and O–H groups in total. The summed E-state index contributed by atoms with van der Waals surface area (Å²) in [4.78, 5) is 19.1. The van der Waals surface area contributed by atoms with Crippen LogP contribution in [0.1, 0.15) is 32.1 Å². The van der Waals surface area contributed by atoms with Crippen molar-refractivity contribution >= 4 is 5.91 Å². The Morgan fingerprint density at radius 2 is 1.67 bits per heavy atom. The van der Waals surface area contributed by atoms with Gasteiger partial charge < -0.3 is 9.64 Å². The Labute approximate surface area is 128 Å². The lowest BCUT2D eigenvalue weighted by Crippen LogP contribution is -2.52. The molecule has 21 heavy (non-hydrogen) atoms. The van der Waals surface area contributed by atoms with Gasteiger partial charge in [-0.15, -0.1) is 0 Å². The molecule has 0 spiro atoms. The van der Waals surface area contributed by atoms with Crippen LogP contribution < -0.4 is 0 Å². The van der Waals surface area contributed by atoms with E-state index < -0.39 is 0 Å². The van der Waals surface area contributed by atoms with Crippen molar-refractivity contribution in [2.45, 2.75) is 38.2 Å². The minimum Gasteiger partial charge on any atom is -0.377 e. The number of rotatable bonds is 4. The third kappa shape index (κ3) is 4.41. The molecule has 3 rings (SSSR count). The predicted molar refractivity (Wildman–Crippen MR) is 82.3 cm³/mol. The highest BCUT2D eigenvalue weighted by atomic mass is 16.5. The number of hydrogen-bond acceptors (Lipinski definition) is 4. The lowest BCUT2D eigenvalue weighted by atomic mass is 10.1. The van der Waals surface area contributed by atoms with Crippen LogP contribution in [0.3, 0.4) is 0 Å². The molecule has 120 valence electrons. The van der Waals surface area contributed by atoms with Gasteiger partial charge >= 0.3 is 0 Å². The molecule has 5 nitrogen and oxygen atoms in total. The highest BCUT2D eigenvalue weighted by Gasteiger charge is 2.25. The third-order valence-corrected chi connectivity index (χ3v) is 5.02. The van der Waals surface area contributed by atoms with Crippen molar-refractivity contribution in [3.63, 3.8) is 0 Å². The molecule has 1 atom stereocenters. The molecule has 0 aliphatic carbocycles. The van der Waals surface area contributed by atoms with Crippen LogP contribution >= 0.6 is 0 Å². The van der Waals surface area contributed by atoms with Gasteiger partial charge in [-0.1, -0.05) is 0 Å². The van der Waals surface area contributed by atoms with Crippen molar-refractivity contribution in [1.82, 2.24) is 14.7 Å². The molecule has 0 radical (unpaired) electrons. The topological polar surface area (TPSA) is 36.0 Å². The monoisotopic (exact) mass is 295 g/mol. The summed E-state index contributed by atoms with van der Waals surface area (Å²) in [6, 6.07) is 0. The van der Waals surface area contributed by atoms with Crippen LogP contribution in [0, 0.1) is 0 Å². The summed E-state index contributed by atoms with van der Waals surface area (Å²) >= 11 is 0. The largest absolute Gasteiger partial charge is 0.377 e. The fourth-order valence-electron chi connectivity index (χ4n) is 3.65. The second-order valence-electron chi connectivity index (χ2n) is 6.65. The van der Waals surface area contributed by atoms with E-state index in [1.807, 2.05) is 0 Å². The molecule has 3 saturated heterocycles. The Morgan fingerprint density at radius 3 is 2.33 bits per heavy atom. The zero-order chi connectivity index (χ0) is 14.5. The van der Waals surface area contributed by atoms with Crippen LogP contribution in [0.25, 0.3) is 0 Å². The molecule has 0 aromatic rings. The normalized spacial score (nSPS) is 29.0. The van der Waals surface area contributed by atoms with E-state index in [4.69, 9.17) is 4.74 Å². The summed E-state index contributed by atoms with van der Waals surface area (Å²) in [6.07, 6.45) is 6.65. The lowest BCUT2D eigenvalue weighted by Gasteiger charge is -2.37. The van der Waals surface area contributed by atoms with Crippen molar-refractivity contribution in [3.8, 4) is 0 Å². The van der Waals surface area contributed by atoms with Gasteiger partial charge in [-0.3, -0.25) is 14.6 Å². The Balaban J connectivity index is 1.36. The summed E-state index contributed by atoms with van der Waals surface area (Å²) in [6.45, 7) is 8.60.